The molecule has 1 aromatic rings. The van der Waals surface area contributed by atoms with Crippen molar-refractivity contribution in [3.05, 3.63) is 17.5 Å². The molecule has 0 aliphatic heterocycles. The molecule has 0 radical (unpaired) electrons. The van der Waals surface area contributed by atoms with E-state index in [2.05, 4.69) is 18.1 Å². The van der Waals surface area contributed by atoms with E-state index in [1.54, 1.807) is 0 Å². The molecule has 2 aliphatic rings. The van der Waals surface area contributed by atoms with Crippen molar-refractivity contribution >= 4 is 5.97 Å². The third-order valence-electron chi connectivity index (χ3n) is 5.18. The highest BCUT2D eigenvalue weighted by atomic mass is 16.4. The average molecular weight is 262 g/mol. The van der Waals surface area contributed by atoms with Crippen LogP contribution in [0.4, 0.5) is 0 Å². The largest absolute Gasteiger partial charge is 0.481 e. The van der Waals surface area contributed by atoms with Gasteiger partial charge in [-0.1, -0.05) is 6.42 Å². The molecule has 4 nitrogen and oxygen atoms in total. The molecule has 3 atom stereocenters. The van der Waals surface area contributed by atoms with E-state index < -0.39 is 11.4 Å². The Hall–Kier alpha value is -1.32. The predicted molar refractivity (Wildman–Crippen MR) is 71.9 cm³/mol. The molecule has 0 aromatic carbocycles. The molecular formula is C15H22N2O2. The molecule has 3 rings (SSSR count). The van der Waals surface area contributed by atoms with Gasteiger partial charge in [0.15, 0.2) is 0 Å². The molecule has 0 amide bonds. The average Bonchev–Trinajstić information content (AvgIpc) is 3.03. The van der Waals surface area contributed by atoms with Gasteiger partial charge in [-0.15, -0.1) is 0 Å². The van der Waals surface area contributed by atoms with E-state index in [1.165, 1.54) is 6.42 Å². The zero-order valence-electron chi connectivity index (χ0n) is 11.7. The summed E-state index contributed by atoms with van der Waals surface area (Å²) in [5.74, 6) is 0.414. The zero-order valence-corrected chi connectivity index (χ0v) is 11.7. The van der Waals surface area contributed by atoms with E-state index in [9.17, 15) is 9.90 Å². The van der Waals surface area contributed by atoms with E-state index in [0.717, 1.165) is 37.2 Å². The van der Waals surface area contributed by atoms with Gasteiger partial charge in [0.2, 0.25) is 0 Å². The summed E-state index contributed by atoms with van der Waals surface area (Å²) in [6, 6.07) is 2.06. The minimum Gasteiger partial charge on any atom is -0.481 e. The first-order valence-electron chi connectivity index (χ1n) is 7.32. The molecule has 0 spiro atoms. The smallest absolute Gasteiger partial charge is 0.310 e. The van der Waals surface area contributed by atoms with Crippen molar-refractivity contribution < 1.29 is 9.90 Å². The highest BCUT2D eigenvalue weighted by Gasteiger charge is 2.55. The maximum atomic E-state index is 11.9. The number of rotatable bonds is 4. The first-order valence-corrected chi connectivity index (χ1v) is 7.32. The Morgan fingerprint density at radius 1 is 1.58 bits per heavy atom. The fraction of sp³-hybridized carbons (Fsp3) is 0.733. The maximum Gasteiger partial charge on any atom is 0.310 e. The molecule has 1 aromatic heterocycles. The Balaban J connectivity index is 1.92. The lowest BCUT2D eigenvalue weighted by atomic mass is 9.70. The lowest BCUT2D eigenvalue weighted by Crippen LogP contribution is -2.39. The van der Waals surface area contributed by atoms with Crippen LogP contribution >= 0.6 is 0 Å². The molecule has 1 N–H and O–H groups in total. The normalized spacial score (nSPS) is 32.9. The van der Waals surface area contributed by atoms with E-state index in [1.807, 2.05) is 11.6 Å². The monoisotopic (exact) mass is 262 g/mol. The van der Waals surface area contributed by atoms with Crippen molar-refractivity contribution in [3.63, 3.8) is 0 Å². The van der Waals surface area contributed by atoms with Crippen molar-refractivity contribution in [2.75, 3.05) is 0 Å². The summed E-state index contributed by atoms with van der Waals surface area (Å²) in [6.07, 6.45) is 4.95. The van der Waals surface area contributed by atoms with Gasteiger partial charge >= 0.3 is 5.97 Å². The van der Waals surface area contributed by atoms with E-state index in [0.29, 0.717) is 18.3 Å². The molecule has 2 aliphatic carbocycles. The number of carboxylic acid groups (broad SMARTS) is 1. The number of nitrogens with zero attached hydrogens (tertiary/aromatic N) is 2. The van der Waals surface area contributed by atoms with Crippen molar-refractivity contribution in [2.45, 2.75) is 52.5 Å². The third-order valence-corrected chi connectivity index (χ3v) is 5.18. The van der Waals surface area contributed by atoms with Crippen LogP contribution in [-0.2, 0) is 17.8 Å². The van der Waals surface area contributed by atoms with Crippen LogP contribution < -0.4 is 0 Å². The van der Waals surface area contributed by atoms with Gasteiger partial charge in [0.1, 0.15) is 0 Å². The number of carboxylic acids is 1. The number of hydrogen-bond donors (Lipinski definition) is 1. The summed E-state index contributed by atoms with van der Waals surface area (Å²) >= 11 is 0. The maximum absolute atomic E-state index is 11.9. The van der Waals surface area contributed by atoms with E-state index in [4.69, 9.17) is 0 Å². The fourth-order valence-corrected chi connectivity index (χ4v) is 4.34. The Morgan fingerprint density at radius 3 is 2.89 bits per heavy atom. The summed E-state index contributed by atoms with van der Waals surface area (Å²) in [7, 11) is 0. The molecule has 2 bridgehead atoms. The summed E-state index contributed by atoms with van der Waals surface area (Å²) in [5.41, 5.74) is 1.55. The number of aromatic nitrogens is 2. The Morgan fingerprint density at radius 2 is 2.37 bits per heavy atom. The van der Waals surface area contributed by atoms with Gasteiger partial charge in [-0.2, -0.15) is 5.10 Å². The summed E-state index contributed by atoms with van der Waals surface area (Å²) in [4.78, 5) is 11.9. The number of hydrogen-bond acceptors (Lipinski definition) is 2. The number of carbonyl (C=O) groups is 1. The van der Waals surface area contributed by atoms with Crippen LogP contribution in [-0.4, -0.2) is 20.9 Å². The van der Waals surface area contributed by atoms with Crippen LogP contribution in [0.3, 0.4) is 0 Å². The number of aliphatic carboxylic acids is 1. The van der Waals surface area contributed by atoms with Crippen LogP contribution in [0.1, 0.15) is 44.0 Å². The molecule has 104 valence electrons. The van der Waals surface area contributed by atoms with Crippen LogP contribution in [0.5, 0.6) is 0 Å². The first kappa shape index (κ1) is 12.7. The highest BCUT2D eigenvalue weighted by molar-refractivity contribution is 5.76. The minimum atomic E-state index is -0.596. The molecule has 0 saturated heterocycles. The van der Waals surface area contributed by atoms with Crippen molar-refractivity contribution in [1.82, 2.24) is 9.78 Å². The van der Waals surface area contributed by atoms with Crippen LogP contribution in [0.2, 0.25) is 0 Å². The summed E-state index contributed by atoms with van der Waals surface area (Å²) in [6.45, 7) is 4.85. The second-order valence-electron chi connectivity index (χ2n) is 6.31. The number of fused-ring (bicyclic) bond motifs is 2. The Labute approximate surface area is 113 Å². The summed E-state index contributed by atoms with van der Waals surface area (Å²) in [5, 5.41) is 14.2. The van der Waals surface area contributed by atoms with Crippen LogP contribution in [0, 0.1) is 24.2 Å². The second kappa shape index (κ2) is 4.36. The molecule has 19 heavy (non-hydrogen) atoms. The minimum absolute atomic E-state index is 0.371. The van der Waals surface area contributed by atoms with Gasteiger partial charge in [-0.05, 0) is 51.0 Å². The Kier molecular flexibility index (Phi) is 2.91. The molecule has 1 heterocycles. The SMILES string of the molecule is CCn1nc(C)cc1CC1(C(=O)O)CC2CCC1C2. The topological polar surface area (TPSA) is 55.1 Å². The van der Waals surface area contributed by atoms with Gasteiger partial charge in [-0.3, -0.25) is 9.48 Å². The van der Waals surface area contributed by atoms with Crippen LogP contribution in [0.15, 0.2) is 6.07 Å². The Bertz CT molecular complexity index is 508. The standard InChI is InChI=1S/C15H22N2O2/c1-3-17-13(6-10(2)16-17)9-15(14(18)19)8-11-4-5-12(15)7-11/h6,11-12H,3-5,7-9H2,1-2H3,(H,18,19). The first-order chi connectivity index (χ1) is 9.05. The lowest BCUT2D eigenvalue weighted by molar-refractivity contribution is -0.152. The van der Waals surface area contributed by atoms with Gasteiger partial charge in [0.05, 0.1) is 11.1 Å². The van der Waals surface area contributed by atoms with Gasteiger partial charge in [-0.25, -0.2) is 0 Å². The molecule has 4 heteroatoms. The molecule has 2 saturated carbocycles. The zero-order chi connectivity index (χ0) is 13.6. The fourth-order valence-electron chi connectivity index (χ4n) is 4.34. The second-order valence-corrected chi connectivity index (χ2v) is 6.31. The van der Waals surface area contributed by atoms with Crippen molar-refractivity contribution in [2.24, 2.45) is 17.3 Å². The highest BCUT2D eigenvalue weighted by Crippen LogP contribution is 2.57. The van der Waals surface area contributed by atoms with Gasteiger partial charge < -0.3 is 5.11 Å². The predicted octanol–water partition coefficient (Wildman–Crippen LogP) is 2.64. The van der Waals surface area contributed by atoms with Gasteiger partial charge in [0, 0.05) is 18.7 Å². The van der Waals surface area contributed by atoms with Crippen molar-refractivity contribution in [1.29, 1.82) is 0 Å². The molecule has 2 fully saturated rings. The third kappa shape index (κ3) is 1.88. The quantitative estimate of drug-likeness (QED) is 0.907. The number of aryl methyl sites for hydroxylation is 2. The molecular weight excluding hydrogens is 240 g/mol. The van der Waals surface area contributed by atoms with Crippen molar-refractivity contribution in [3.8, 4) is 0 Å². The van der Waals surface area contributed by atoms with Gasteiger partial charge in [0.25, 0.3) is 0 Å². The van der Waals surface area contributed by atoms with E-state index >= 15 is 0 Å². The van der Waals surface area contributed by atoms with E-state index in [-0.39, 0.29) is 0 Å². The summed E-state index contributed by atoms with van der Waals surface area (Å²) < 4.78 is 1.96. The van der Waals surface area contributed by atoms with Crippen LogP contribution in [0.25, 0.3) is 0 Å². The molecule has 3 unspecified atom stereocenters. The lowest BCUT2D eigenvalue weighted by Gasteiger charge is -2.33.